The van der Waals surface area contributed by atoms with Gasteiger partial charge < -0.3 is 10.2 Å². The van der Waals surface area contributed by atoms with Crippen molar-refractivity contribution in [2.45, 2.75) is 19.4 Å². The molecule has 1 atom stereocenters. The monoisotopic (exact) mass is 167 g/mol. The minimum absolute atomic E-state index is 0.0605. The second-order valence-corrected chi connectivity index (χ2v) is 2.79. The summed E-state index contributed by atoms with van der Waals surface area (Å²) in [4.78, 5) is 13.2. The molecule has 0 radical (unpaired) electrons. The number of likely N-dealkylation sites (N-methyl/N-ethyl adjacent to an activating group) is 1. The molecule has 0 aliphatic carbocycles. The summed E-state index contributed by atoms with van der Waals surface area (Å²) in [5.74, 6) is 0.0605. The van der Waals surface area contributed by atoms with E-state index in [1.54, 1.807) is 4.90 Å². The first kappa shape index (κ1) is 9.01. The van der Waals surface area contributed by atoms with Crippen LogP contribution in [0.2, 0.25) is 0 Å². The predicted octanol–water partition coefficient (Wildman–Crippen LogP) is -0.280. The van der Waals surface area contributed by atoms with Gasteiger partial charge in [0.05, 0.1) is 12.5 Å². The van der Waals surface area contributed by atoms with Crippen LogP contribution in [-0.4, -0.2) is 36.5 Å². The Balaban J connectivity index is 2.54. The Morgan fingerprint density at radius 1 is 1.83 bits per heavy atom. The molecule has 66 valence electrons. The highest BCUT2D eigenvalue weighted by Gasteiger charge is 2.26. The maximum atomic E-state index is 11.5. The number of hydrogen-bond acceptors (Lipinski definition) is 3. The smallest absolute Gasteiger partial charge is 0.240 e. The lowest BCUT2D eigenvalue weighted by Crippen LogP contribution is -2.54. The first-order valence-electron chi connectivity index (χ1n) is 4.18. The molecule has 1 aliphatic rings. The lowest BCUT2D eigenvalue weighted by molar-refractivity contribution is -0.135. The summed E-state index contributed by atoms with van der Waals surface area (Å²) in [7, 11) is 0. The van der Waals surface area contributed by atoms with Crippen LogP contribution >= 0.6 is 0 Å². The summed E-state index contributed by atoms with van der Waals surface area (Å²) in [6.07, 6.45) is 0.273. The summed E-state index contributed by atoms with van der Waals surface area (Å²) in [5.41, 5.74) is 0. The van der Waals surface area contributed by atoms with E-state index in [2.05, 4.69) is 5.32 Å². The third kappa shape index (κ3) is 1.74. The van der Waals surface area contributed by atoms with Crippen LogP contribution in [0.3, 0.4) is 0 Å². The van der Waals surface area contributed by atoms with Crippen molar-refractivity contribution < 1.29 is 4.79 Å². The van der Waals surface area contributed by atoms with Gasteiger partial charge in [-0.05, 0) is 6.92 Å². The summed E-state index contributed by atoms with van der Waals surface area (Å²) in [6.45, 7) is 4.25. The SMILES string of the molecule is CCN1CCNC(CC#N)C1=O. The molecule has 12 heavy (non-hydrogen) atoms. The minimum atomic E-state index is -0.274. The molecule has 0 aromatic rings. The number of hydrogen-bond donors (Lipinski definition) is 1. The number of carbonyl (C=O) groups excluding carboxylic acids is 1. The van der Waals surface area contributed by atoms with Crippen LogP contribution in [0.15, 0.2) is 0 Å². The zero-order chi connectivity index (χ0) is 8.97. The Hall–Kier alpha value is -1.08. The predicted molar refractivity (Wildman–Crippen MR) is 44.3 cm³/mol. The number of amides is 1. The molecule has 0 aromatic heterocycles. The van der Waals surface area contributed by atoms with E-state index in [0.29, 0.717) is 0 Å². The highest BCUT2D eigenvalue weighted by molar-refractivity contribution is 5.82. The van der Waals surface area contributed by atoms with E-state index in [-0.39, 0.29) is 18.4 Å². The van der Waals surface area contributed by atoms with Crippen molar-refractivity contribution in [3.8, 4) is 6.07 Å². The largest absolute Gasteiger partial charge is 0.340 e. The van der Waals surface area contributed by atoms with Gasteiger partial charge in [-0.3, -0.25) is 4.79 Å². The molecule has 0 spiro atoms. The third-order valence-electron chi connectivity index (χ3n) is 2.06. The van der Waals surface area contributed by atoms with Crippen LogP contribution in [0.25, 0.3) is 0 Å². The quantitative estimate of drug-likeness (QED) is 0.615. The maximum Gasteiger partial charge on any atom is 0.240 e. The molecule has 4 nitrogen and oxygen atoms in total. The summed E-state index contributed by atoms with van der Waals surface area (Å²) >= 11 is 0. The molecular formula is C8H13N3O. The summed E-state index contributed by atoms with van der Waals surface area (Å²) < 4.78 is 0. The Morgan fingerprint density at radius 2 is 2.58 bits per heavy atom. The molecule has 1 amide bonds. The Labute approximate surface area is 72.2 Å². The minimum Gasteiger partial charge on any atom is -0.340 e. The Kier molecular flexibility index (Phi) is 3.06. The number of nitriles is 1. The molecule has 4 heteroatoms. The van der Waals surface area contributed by atoms with Crippen LogP contribution in [0.1, 0.15) is 13.3 Å². The molecule has 1 aliphatic heterocycles. The number of rotatable bonds is 2. The fourth-order valence-electron chi connectivity index (χ4n) is 1.36. The second kappa shape index (κ2) is 4.07. The van der Waals surface area contributed by atoms with Crippen LogP contribution in [0, 0.1) is 11.3 Å². The summed E-state index contributed by atoms with van der Waals surface area (Å²) in [6, 6.07) is 1.73. The molecule has 1 fully saturated rings. The Bertz CT molecular complexity index is 209. The van der Waals surface area contributed by atoms with E-state index in [9.17, 15) is 4.79 Å². The van der Waals surface area contributed by atoms with Crippen LogP contribution in [0.5, 0.6) is 0 Å². The third-order valence-corrected chi connectivity index (χ3v) is 2.06. The zero-order valence-corrected chi connectivity index (χ0v) is 7.21. The van der Waals surface area contributed by atoms with Gasteiger partial charge in [0.25, 0.3) is 0 Å². The van der Waals surface area contributed by atoms with Gasteiger partial charge in [0.15, 0.2) is 0 Å². The summed E-state index contributed by atoms with van der Waals surface area (Å²) in [5, 5.41) is 11.5. The van der Waals surface area contributed by atoms with Crippen molar-refractivity contribution in [2.24, 2.45) is 0 Å². The molecule has 0 aromatic carbocycles. The van der Waals surface area contributed by atoms with Crippen molar-refractivity contribution in [1.29, 1.82) is 5.26 Å². The highest BCUT2D eigenvalue weighted by Crippen LogP contribution is 2.03. The second-order valence-electron chi connectivity index (χ2n) is 2.79. The van der Waals surface area contributed by atoms with Crippen molar-refractivity contribution in [1.82, 2.24) is 10.2 Å². The lowest BCUT2D eigenvalue weighted by atomic mass is 10.1. The average molecular weight is 167 g/mol. The van der Waals surface area contributed by atoms with Gasteiger partial charge in [0.2, 0.25) is 5.91 Å². The van der Waals surface area contributed by atoms with Gasteiger partial charge in [-0.25, -0.2) is 0 Å². The molecule has 0 bridgehead atoms. The van der Waals surface area contributed by atoms with E-state index in [0.717, 1.165) is 19.6 Å². The van der Waals surface area contributed by atoms with Gasteiger partial charge in [0, 0.05) is 19.6 Å². The number of carbonyl (C=O) groups is 1. The first-order valence-corrected chi connectivity index (χ1v) is 4.18. The van der Waals surface area contributed by atoms with Crippen LogP contribution in [0.4, 0.5) is 0 Å². The van der Waals surface area contributed by atoms with E-state index < -0.39 is 0 Å². The van der Waals surface area contributed by atoms with E-state index >= 15 is 0 Å². The number of nitrogens with zero attached hydrogens (tertiary/aromatic N) is 2. The van der Waals surface area contributed by atoms with Gasteiger partial charge in [0.1, 0.15) is 6.04 Å². The molecule has 1 rings (SSSR count). The van der Waals surface area contributed by atoms with E-state index in [1.807, 2.05) is 13.0 Å². The van der Waals surface area contributed by atoms with Gasteiger partial charge in [-0.15, -0.1) is 0 Å². The standard InChI is InChI=1S/C8H13N3O/c1-2-11-6-5-10-7(3-4-9)8(11)12/h7,10H,2-3,5-6H2,1H3. The maximum absolute atomic E-state index is 11.5. The highest BCUT2D eigenvalue weighted by atomic mass is 16.2. The average Bonchev–Trinajstić information content (AvgIpc) is 2.09. The molecular weight excluding hydrogens is 154 g/mol. The van der Waals surface area contributed by atoms with Crippen LogP contribution in [-0.2, 0) is 4.79 Å². The van der Waals surface area contributed by atoms with Gasteiger partial charge in [-0.2, -0.15) is 5.26 Å². The zero-order valence-electron chi connectivity index (χ0n) is 7.21. The fraction of sp³-hybridized carbons (Fsp3) is 0.750. The van der Waals surface area contributed by atoms with E-state index in [4.69, 9.17) is 5.26 Å². The first-order chi connectivity index (χ1) is 5.79. The molecule has 1 saturated heterocycles. The topological polar surface area (TPSA) is 56.1 Å². The molecule has 1 unspecified atom stereocenters. The van der Waals surface area contributed by atoms with Crippen molar-refractivity contribution in [3.05, 3.63) is 0 Å². The fourth-order valence-corrected chi connectivity index (χ4v) is 1.36. The Morgan fingerprint density at radius 3 is 3.17 bits per heavy atom. The van der Waals surface area contributed by atoms with Gasteiger partial charge in [-0.1, -0.05) is 0 Å². The number of nitrogens with one attached hydrogen (secondary N) is 1. The normalized spacial score (nSPS) is 23.8. The van der Waals surface area contributed by atoms with E-state index in [1.165, 1.54) is 0 Å². The molecule has 1 heterocycles. The number of piperazine rings is 1. The molecule has 1 N–H and O–H groups in total. The van der Waals surface area contributed by atoms with Crippen molar-refractivity contribution >= 4 is 5.91 Å². The van der Waals surface area contributed by atoms with Gasteiger partial charge >= 0.3 is 0 Å². The van der Waals surface area contributed by atoms with Crippen molar-refractivity contribution in [3.63, 3.8) is 0 Å². The van der Waals surface area contributed by atoms with Crippen LogP contribution < -0.4 is 5.32 Å². The molecule has 0 saturated carbocycles. The van der Waals surface area contributed by atoms with Crippen molar-refractivity contribution in [2.75, 3.05) is 19.6 Å². The lowest BCUT2D eigenvalue weighted by Gasteiger charge is -2.31.